The minimum Gasteiger partial charge on any atom is -0.343 e. The van der Waals surface area contributed by atoms with Crippen molar-refractivity contribution in [2.45, 2.75) is 0 Å². The quantitative estimate of drug-likeness (QED) is 0.662. The zero-order chi connectivity index (χ0) is 9.14. The highest BCUT2D eigenvalue weighted by Crippen LogP contribution is 2.08. The van der Waals surface area contributed by atoms with Gasteiger partial charge in [-0.3, -0.25) is 9.78 Å². The molecule has 0 spiro atoms. The molecule has 0 unspecified atom stereocenters. The second kappa shape index (κ2) is 3.54. The lowest BCUT2D eigenvalue weighted by Crippen LogP contribution is -2.22. The van der Waals surface area contributed by atoms with Gasteiger partial charge in [-0.2, -0.15) is 0 Å². The molecule has 1 heterocycles. The smallest absolute Gasteiger partial charge is 0.271 e. The average Bonchev–Trinajstić information content (AvgIpc) is 2.03. The maximum atomic E-state index is 11.3. The van der Waals surface area contributed by atoms with Crippen LogP contribution in [0.15, 0.2) is 18.3 Å². The van der Waals surface area contributed by atoms with Crippen molar-refractivity contribution in [3.63, 3.8) is 0 Å². The molecule has 0 aliphatic carbocycles. The van der Waals surface area contributed by atoms with Gasteiger partial charge in [0.1, 0.15) is 5.69 Å². The third kappa shape index (κ3) is 1.95. The van der Waals surface area contributed by atoms with Crippen molar-refractivity contribution in [3.05, 3.63) is 29.0 Å². The second-order valence-corrected chi connectivity index (χ2v) is 3.00. The van der Waals surface area contributed by atoms with E-state index in [-0.39, 0.29) is 5.91 Å². The van der Waals surface area contributed by atoms with E-state index in [2.05, 4.69) is 4.98 Å². The Hall–Kier alpha value is -1.09. The molecule has 1 aromatic rings. The molecular weight excluding hydrogens is 176 g/mol. The summed E-state index contributed by atoms with van der Waals surface area (Å²) in [5, 5.41) is 0.523. The number of carbonyl (C=O) groups is 1. The van der Waals surface area contributed by atoms with Crippen LogP contribution in [0.5, 0.6) is 0 Å². The molecular formula is C8H9ClN2O. The summed E-state index contributed by atoms with van der Waals surface area (Å²) in [6, 6.07) is 3.18. The van der Waals surface area contributed by atoms with Crippen LogP contribution >= 0.6 is 11.6 Å². The number of amides is 1. The maximum absolute atomic E-state index is 11.3. The summed E-state index contributed by atoms with van der Waals surface area (Å²) in [5.41, 5.74) is 0.368. The number of halogens is 1. The van der Waals surface area contributed by atoms with Gasteiger partial charge in [0.25, 0.3) is 5.91 Å². The van der Waals surface area contributed by atoms with Crippen molar-refractivity contribution in [2.24, 2.45) is 0 Å². The van der Waals surface area contributed by atoms with E-state index in [0.29, 0.717) is 10.7 Å². The Balaban J connectivity index is 2.96. The molecule has 0 saturated heterocycles. The molecule has 0 N–H and O–H groups in total. The topological polar surface area (TPSA) is 33.2 Å². The van der Waals surface area contributed by atoms with Gasteiger partial charge in [0.2, 0.25) is 0 Å². The number of nitrogens with zero attached hydrogens (tertiary/aromatic N) is 2. The van der Waals surface area contributed by atoms with Crippen molar-refractivity contribution in [1.29, 1.82) is 0 Å². The van der Waals surface area contributed by atoms with Gasteiger partial charge in [-0.15, -0.1) is 0 Å². The Morgan fingerprint density at radius 2 is 2.25 bits per heavy atom. The first kappa shape index (κ1) is 9.00. The van der Waals surface area contributed by atoms with E-state index in [1.807, 2.05) is 0 Å². The number of hydrogen-bond donors (Lipinski definition) is 0. The maximum Gasteiger partial charge on any atom is 0.271 e. The molecule has 0 radical (unpaired) electrons. The monoisotopic (exact) mass is 184 g/mol. The predicted octanol–water partition coefficient (Wildman–Crippen LogP) is 1.44. The van der Waals surface area contributed by atoms with E-state index < -0.39 is 0 Å². The lowest BCUT2D eigenvalue weighted by molar-refractivity contribution is 0.0822. The van der Waals surface area contributed by atoms with E-state index in [4.69, 9.17) is 11.6 Å². The van der Waals surface area contributed by atoms with Gasteiger partial charge in [-0.05, 0) is 12.1 Å². The van der Waals surface area contributed by atoms with Crippen molar-refractivity contribution in [2.75, 3.05) is 14.1 Å². The zero-order valence-corrected chi connectivity index (χ0v) is 7.67. The fraction of sp³-hybridized carbons (Fsp3) is 0.250. The Kier molecular flexibility index (Phi) is 2.65. The van der Waals surface area contributed by atoms with Crippen molar-refractivity contribution >= 4 is 17.5 Å². The third-order valence-corrected chi connectivity index (χ3v) is 1.58. The van der Waals surface area contributed by atoms with Gasteiger partial charge < -0.3 is 4.90 Å². The van der Waals surface area contributed by atoms with Crippen LogP contribution in [0.3, 0.4) is 0 Å². The molecule has 0 fully saturated rings. The summed E-state index contributed by atoms with van der Waals surface area (Å²) in [6.07, 6.45) is 1.51. The lowest BCUT2D eigenvalue weighted by atomic mass is 10.3. The summed E-state index contributed by atoms with van der Waals surface area (Å²) < 4.78 is 0. The summed E-state index contributed by atoms with van der Waals surface area (Å²) in [4.78, 5) is 16.6. The summed E-state index contributed by atoms with van der Waals surface area (Å²) in [5.74, 6) is -0.141. The highest BCUT2D eigenvalue weighted by molar-refractivity contribution is 6.30. The first-order chi connectivity index (χ1) is 5.61. The summed E-state index contributed by atoms with van der Waals surface area (Å²) >= 11 is 5.68. The third-order valence-electron chi connectivity index (χ3n) is 1.35. The van der Waals surface area contributed by atoms with Crippen LogP contribution in [-0.2, 0) is 0 Å². The normalized spacial score (nSPS) is 9.58. The molecule has 0 aliphatic rings. The minimum atomic E-state index is -0.141. The first-order valence-corrected chi connectivity index (χ1v) is 3.82. The van der Waals surface area contributed by atoms with Crippen LogP contribution in [0.25, 0.3) is 0 Å². The number of pyridine rings is 1. The molecule has 0 saturated carbocycles. The molecule has 3 nitrogen and oxygen atoms in total. The summed E-state index contributed by atoms with van der Waals surface area (Å²) in [7, 11) is 3.34. The van der Waals surface area contributed by atoms with Crippen LogP contribution in [0.4, 0.5) is 0 Å². The Bertz CT molecular complexity index is 299. The Morgan fingerprint density at radius 1 is 1.58 bits per heavy atom. The van der Waals surface area contributed by atoms with Crippen LogP contribution in [0.1, 0.15) is 10.5 Å². The molecule has 4 heteroatoms. The van der Waals surface area contributed by atoms with Crippen LogP contribution < -0.4 is 0 Å². The van der Waals surface area contributed by atoms with E-state index >= 15 is 0 Å². The molecule has 1 rings (SSSR count). The standard InChI is InChI=1S/C8H9ClN2O/c1-11(2)8(12)7-5-6(9)3-4-10-7/h3-5H,1-2H3. The van der Waals surface area contributed by atoms with Crippen LogP contribution in [-0.4, -0.2) is 29.9 Å². The molecule has 1 amide bonds. The number of rotatable bonds is 1. The van der Waals surface area contributed by atoms with Gasteiger partial charge in [0.15, 0.2) is 0 Å². The zero-order valence-electron chi connectivity index (χ0n) is 6.91. The largest absolute Gasteiger partial charge is 0.343 e. The Labute approximate surface area is 76.0 Å². The van der Waals surface area contributed by atoms with Gasteiger partial charge >= 0.3 is 0 Å². The van der Waals surface area contributed by atoms with E-state index in [0.717, 1.165) is 0 Å². The van der Waals surface area contributed by atoms with Crippen LogP contribution in [0.2, 0.25) is 5.02 Å². The Morgan fingerprint density at radius 3 is 2.75 bits per heavy atom. The molecule has 12 heavy (non-hydrogen) atoms. The molecule has 64 valence electrons. The number of carbonyl (C=O) groups excluding carboxylic acids is 1. The van der Waals surface area contributed by atoms with E-state index in [1.165, 1.54) is 11.1 Å². The van der Waals surface area contributed by atoms with Crippen molar-refractivity contribution in [3.8, 4) is 0 Å². The molecule has 0 bridgehead atoms. The minimum absolute atomic E-state index is 0.141. The van der Waals surface area contributed by atoms with E-state index in [9.17, 15) is 4.79 Å². The van der Waals surface area contributed by atoms with Gasteiger partial charge in [-0.1, -0.05) is 11.6 Å². The molecule has 0 atom stereocenters. The van der Waals surface area contributed by atoms with Crippen LogP contribution in [0, 0.1) is 0 Å². The average molecular weight is 185 g/mol. The van der Waals surface area contributed by atoms with Crippen molar-refractivity contribution < 1.29 is 4.79 Å². The molecule has 1 aromatic heterocycles. The lowest BCUT2D eigenvalue weighted by Gasteiger charge is -2.08. The summed E-state index contributed by atoms with van der Waals surface area (Å²) in [6.45, 7) is 0. The van der Waals surface area contributed by atoms with Gasteiger partial charge in [-0.25, -0.2) is 0 Å². The highest BCUT2D eigenvalue weighted by Gasteiger charge is 2.08. The van der Waals surface area contributed by atoms with Crippen molar-refractivity contribution in [1.82, 2.24) is 9.88 Å². The fourth-order valence-electron chi connectivity index (χ4n) is 0.751. The first-order valence-electron chi connectivity index (χ1n) is 3.44. The fourth-order valence-corrected chi connectivity index (χ4v) is 0.911. The SMILES string of the molecule is CN(C)C(=O)c1cc(Cl)ccn1. The number of hydrogen-bond acceptors (Lipinski definition) is 2. The van der Waals surface area contributed by atoms with Gasteiger partial charge in [0, 0.05) is 25.3 Å². The second-order valence-electron chi connectivity index (χ2n) is 2.56. The predicted molar refractivity (Wildman–Crippen MR) is 47.3 cm³/mol. The number of aromatic nitrogens is 1. The molecule has 0 aliphatic heterocycles. The van der Waals surface area contributed by atoms with Gasteiger partial charge in [0.05, 0.1) is 0 Å². The highest BCUT2D eigenvalue weighted by atomic mass is 35.5. The molecule has 0 aromatic carbocycles. The van der Waals surface area contributed by atoms with E-state index in [1.54, 1.807) is 26.2 Å².